The zero-order valence-electron chi connectivity index (χ0n) is 19.6. The van der Waals surface area contributed by atoms with Crippen molar-refractivity contribution in [3.63, 3.8) is 0 Å². The molecule has 2 heterocycles. The lowest BCUT2D eigenvalue weighted by Crippen LogP contribution is -2.33. The Morgan fingerprint density at radius 3 is 2.42 bits per heavy atom. The van der Waals surface area contributed by atoms with Crippen molar-refractivity contribution in [3.05, 3.63) is 74.4 Å². The molecule has 0 bridgehead atoms. The molecule has 2 N–H and O–H groups in total. The number of fused-ring (bicyclic) bond motifs is 1. The highest BCUT2D eigenvalue weighted by Gasteiger charge is 2.30. The second-order valence-corrected chi connectivity index (χ2v) is 8.23. The van der Waals surface area contributed by atoms with Crippen LogP contribution in [0.2, 0.25) is 0 Å². The Balaban J connectivity index is 1.66. The van der Waals surface area contributed by atoms with E-state index in [1.807, 2.05) is 0 Å². The molecule has 36 heavy (non-hydrogen) atoms. The van der Waals surface area contributed by atoms with E-state index in [4.69, 9.17) is 9.47 Å². The van der Waals surface area contributed by atoms with E-state index in [1.54, 1.807) is 25.2 Å². The minimum atomic E-state index is -4.41. The second-order valence-electron chi connectivity index (χ2n) is 8.23. The lowest BCUT2D eigenvalue weighted by molar-refractivity contribution is -0.137. The van der Waals surface area contributed by atoms with E-state index in [9.17, 15) is 27.9 Å². The Morgan fingerprint density at radius 2 is 1.81 bits per heavy atom. The van der Waals surface area contributed by atoms with Gasteiger partial charge < -0.3 is 19.1 Å². The fraction of sp³-hybridized carbons (Fsp3) is 0.292. The molecule has 190 valence electrons. The Bertz CT molecular complexity index is 1520. The van der Waals surface area contributed by atoms with Crippen LogP contribution in [0.4, 0.5) is 13.2 Å². The fourth-order valence-corrected chi connectivity index (χ4v) is 3.81. The number of aliphatic hydroxyl groups excluding tert-OH is 1. The summed E-state index contributed by atoms with van der Waals surface area (Å²) in [6.07, 6.45) is -5.26. The zero-order chi connectivity index (χ0) is 26.2. The van der Waals surface area contributed by atoms with Crippen molar-refractivity contribution >= 4 is 11.2 Å². The summed E-state index contributed by atoms with van der Waals surface area (Å²) in [7, 11) is 3.06. The van der Waals surface area contributed by atoms with Gasteiger partial charge in [0.2, 0.25) is 0 Å². The first-order valence-electron chi connectivity index (χ1n) is 10.8. The number of hydrogen-bond donors (Lipinski definition) is 2. The number of rotatable bonds is 7. The van der Waals surface area contributed by atoms with Gasteiger partial charge in [-0.2, -0.15) is 13.2 Å². The molecule has 2 aromatic heterocycles. The number of imidazole rings is 1. The number of alkyl halides is 3. The van der Waals surface area contributed by atoms with Crippen molar-refractivity contribution in [2.24, 2.45) is 7.05 Å². The number of H-pyrrole nitrogens is 1. The number of nitrogens with zero attached hydrogens (tertiary/aromatic N) is 3. The minimum Gasteiger partial charge on any atom is -0.493 e. The third kappa shape index (κ3) is 4.85. The van der Waals surface area contributed by atoms with Gasteiger partial charge in [0.25, 0.3) is 5.56 Å². The summed E-state index contributed by atoms with van der Waals surface area (Å²) in [6, 6.07) is 9.59. The second kappa shape index (κ2) is 9.53. The van der Waals surface area contributed by atoms with Gasteiger partial charge in [-0.05, 0) is 42.8 Å². The number of benzene rings is 2. The molecule has 1 atom stereocenters. The van der Waals surface area contributed by atoms with Crippen LogP contribution in [0, 0.1) is 0 Å². The smallest absolute Gasteiger partial charge is 0.416 e. The third-order valence-corrected chi connectivity index (χ3v) is 5.56. The molecule has 9 nitrogen and oxygen atoms in total. The predicted octanol–water partition coefficient (Wildman–Crippen LogP) is 3.08. The maximum Gasteiger partial charge on any atom is 0.416 e. The normalized spacial score (nSPS) is 12.6. The molecule has 0 fully saturated rings. The van der Waals surface area contributed by atoms with Crippen LogP contribution in [0.3, 0.4) is 0 Å². The number of aryl methyl sites for hydroxylation is 1. The number of hydrogen-bond acceptors (Lipinski definition) is 6. The lowest BCUT2D eigenvalue weighted by atomic mass is 10.1. The van der Waals surface area contributed by atoms with Crippen LogP contribution in [0.25, 0.3) is 22.6 Å². The van der Waals surface area contributed by atoms with E-state index >= 15 is 0 Å². The van der Waals surface area contributed by atoms with Gasteiger partial charge in [-0.25, -0.2) is 9.78 Å². The van der Waals surface area contributed by atoms with Crippen molar-refractivity contribution in [3.8, 4) is 22.9 Å². The Morgan fingerprint density at radius 1 is 1.11 bits per heavy atom. The standard InChI is InChI=1S/C24H23F3N4O5/c1-13(32)11-31-21-19(22(33)29-23(31)34)30(2)20(28-21)15-6-9-17(18(10-15)35-3)36-12-14-4-7-16(8-5-14)24(25,26)27/h4-10,13,32H,11-12H2,1-3H3,(H,29,33,34). The van der Waals surface area contributed by atoms with Gasteiger partial charge in [0.15, 0.2) is 22.7 Å². The molecule has 4 rings (SSSR count). The van der Waals surface area contributed by atoms with Crippen LogP contribution >= 0.6 is 0 Å². The molecule has 12 heteroatoms. The highest BCUT2D eigenvalue weighted by atomic mass is 19.4. The molecule has 0 amide bonds. The molecule has 2 aromatic carbocycles. The van der Waals surface area contributed by atoms with Crippen molar-refractivity contribution in [1.29, 1.82) is 0 Å². The predicted molar refractivity (Wildman–Crippen MR) is 125 cm³/mol. The van der Waals surface area contributed by atoms with Gasteiger partial charge in [-0.1, -0.05) is 12.1 Å². The molecule has 0 aliphatic rings. The summed E-state index contributed by atoms with van der Waals surface area (Å²) in [6.45, 7) is 1.48. The first-order chi connectivity index (χ1) is 17.0. The Labute approximate surface area is 202 Å². The molecule has 1 unspecified atom stereocenters. The number of halogens is 3. The summed E-state index contributed by atoms with van der Waals surface area (Å²) in [4.78, 5) is 31.5. The summed E-state index contributed by atoms with van der Waals surface area (Å²) < 4.78 is 52.2. The lowest BCUT2D eigenvalue weighted by Gasteiger charge is -2.13. The van der Waals surface area contributed by atoms with E-state index < -0.39 is 29.1 Å². The molecule has 4 aromatic rings. The minimum absolute atomic E-state index is 0.0150. The van der Waals surface area contributed by atoms with E-state index in [-0.39, 0.29) is 24.3 Å². The van der Waals surface area contributed by atoms with Crippen LogP contribution < -0.4 is 20.7 Å². The molecule has 0 spiro atoms. The third-order valence-electron chi connectivity index (χ3n) is 5.56. The molecule has 0 aliphatic carbocycles. The highest BCUT2D eigenvalue weighted by Crippen LogP contribution is 2.34. The summed E-state index contributed by atoms with van der Waals surface area (Å²) >= 11 is 0. The Kier molecular flexibility index (Phi) is 6.63. The number of methoxy groups -OCH3 is 1. The molecule has 0 saturated carbocycles. The zero-order valence-corrected chi connectivity index (χ0v) is 19.6. The molecular formula is C24H23F3N4O5. The summed E-state index contributed by atoms with van der Waals surface area (Å²) in [5, 5.41) is 9.77. The van der Waals surface area contributed by atoms with Crippen LogP contribution in [0.1, 0.15) is 18.1 Å². The van der Waals surface area contributed by atoms with E-state index in [0.717, 1.165) is 12.1 Å². The van der Waals surface area contributed by atoms with Crippen molar-refractivity contribution in [2.45, 2.75) is 32.4 Å². The van der Waals surface area contributed by atoms with Gasteiger partial charge in [-0.15, -0.1) is 0 Å². The molecule has 0 aliphatic heterocycles. The number of ether oxygens (including phenoxy) is 2. The maximum atomic E-state index is 12.8. The average molecular weight is 504 g/mol. The van der Waals surface area contributed by atoms with Crippen molar-refractivity contribution < 1.29 is 27.8 Å². The van der Waals surface area contributed by atoms with E-state index in [1.165, 1.54) is 35.3 Å². The van der Waals surface area contributed by atoms with Crippen LogP contribution in [-0.2, 0) is 26.4 Å². The number of aliphatic hydroxyl groups is 1. The molecular weight excluding hydrogens is 481 g/mol. The quantitative estimate of drug-likeness (QED) is 0.400. The SMILES string of the molecule is COc1cc(-c2nc3c(c(=O)[nH]c(=O)n3CC(C)O)n2C)ccc1OCc1ccc(C(F)(F)F)cc1. The van der Waals surface area contributed by atoms with Crippen molar-refractivity contribution in [1.82, 2.24) is 19.1 Å². The van der Waals surface area contributed by atoms with E-state index in [2.05, 4.69) is 9.97 Å². The van der Waals surface area contributed by atoms with Gasteiger partial charge in [0.05, 0.1) is 25.3 Å². The molecule has 0 radical (unpaired) electrons. The first kappa shape index (κ1) is 25.0. The maximum absolute atomic E-state index is 12.8. The topological polar surface area (TPSA) is 111 Å². The Hall–Kier alpha value is -4.06. The number of nitrogens with one attached hydrogen (secondary N) is 1. The largest absolute Gasteiger partial charge is 0.493 e. The number of aromatic amines is 1. The van der Waals surface area contributed by atoms with E-state index in [0.29, 0.717) is 28.5 Å². The van der Waals surface area contributed by atoms with Gasteiger partial charge >= 0.3 is 11.9 Å². The van der Waals surface area contributed by atoms with Crippen molar-refractivity contribution in [2.75, 3.05) is 7.11 Å². The summed E-state index contributed by atoms with van der Waals surface area (Å²) in [5.74, 6) is 1.05. The van der Waals surface area contributed by atoms with Gasteiger partial charge in [0.1, 0.15) is 12.4 Å². The fourth-order valence-electron chi connectivity index (χ4n) is 3.81. The van der Waals surface area contributed by atoms with Crippen LogP contribution in [-0.4, -0.2) is 37.4 Å². The first-order valence-corrected chi connectivity index (χ1v) is 10.8. The highest BCUT2D eigenvalue weighted by molar-refractivity contribution is 5.77. The van der Waals surface area contributed by atoms with Crippen LogP contribution in [0.15, 0.2) is 52.1 Å². The average Bonchev–Trinajstić information content (AvgIpc) is 3.17. The van der Waals surface area contributed by atoms with Crippen LogP contribution in [0.5, 0.6) is 11.5 Å². The summed E-state index contributed by atoms with van der Waals surface area (Å²) in [5.41, 5.74) is -0.643. The van der Waals surface area contributed by atoms with Gasteiger partial charge in [0, 0.05) is 12.6 Å². The monoisotopic (exact) mass is 504 g/mol. The molecule has 0 saturated heterocycles. The number of aromatic nitrogens is 4. The van der Waals surface area contributed by atoms with Gasteiger partial charge in [-0.3, -0.25) is 14.3 Å².